The van der Waals surface area contributed by atoms with Crippen LogP contribution in [0.2, 0.25) is 0 Å². The summed E-state index contributed by atoms with van der Waals surface area (Å²) >= 11 is 8.95. The average molecular weight is 598 g/mol. The third-order valence-corrected chi connectivity index (χ3v) is 7.22. The molecule has 5 nitrogen and oxygen atoms in total. The third-order valence-electron chi connectivity index (χ3n) is 5.11. The van der Waals surface area contributed by atoms with E-state index in [-0.39, 0.29) is 12.5 Å². The van der Waals surface area contributed by atoms with E-state index in [4.69, 9.17) is 21.7 Å². The number of carbonyl (C=O) groups excluding carboxylic acids is 1. The van der Waals surface area contributed by atoms with Crippen LogP contribution >= 0.6 is 46.6 Å². The number of amides is 1. The monoisotopic (exact) mass is 598 g/mol. The van der Waals surface area contributed by atoms with Crippen molar-refractivity contribution in [2.75, 3.05) is 12.0 Å². The minimum Gasteiger partial charge on any atom is -0.493 e. The number of thioether (sulfide) groups is 1. The zero-order chi connectivity index (χ0) is 24.2. The van der Waals surface area contributed by atoms with Crippen LogP contribution in [-0.2, 0) is 11.4 Å². The van der Waals surface area contributed by atoms with Gasteiger partial charge < -0.3 is 9.47 Å². The van der Waals surface area contributed by atoms with Gasteiger partial charge in [-0.1, -0.05) is 54.3 Å². The summed E-state index contributed by atoms with van der Waals surface area (Å²) in [6.45, 7) is 2.22. The van der Waals surface area contributed by atoms with Crippen LogP contribution in [0.5, 0.6) is 11.5 Å². The lowest BCUT2D eigenvalue weighted by atomic mass is 10.1. The fraction of sp³-hybridized carbons (Fsp3) is 0.115. The first-order chi connectivity index (χ1) is 16.4. The van der Waals surface area contributed by atoms with Crippen molar-refractivity contribution < 1.29 is 14.3 Å². The molecule has 0 radical (unpaired) electrons. The van der Waals surface area contributed by atoms with Gasteiger partial charge in [-0.15, -0.1) is 0 Å². The number of ether oxygens (including phenoxy) is 2. The Kier molecular flexibility index (Phi) is 7.56. The summed E-state index contributed by atoms with van der Waals surface area (Å²) in [4.78, 5) is 15.2. The quantitative estimate of drug-likeness (QED) is 0.184. The van der Waals surface area contributed by atoms with Gasteiger partial charge in [-0.25, -0.2) is 0 Å². The van der Waals surface area contributed by atoms with E-state index in [0.29, 0.717) is 26.3 Å². The van der Waals surface area contributed by atoms with E-state index in [1.165, 1.54) is 11.8 Å². The van der Waals surface area contributed by atoms with Crippen molar-refractivity contribution in [1.82, 2.24) is 0 Å². The minimum absolute atomic E-state index is 0.150. The van der Waals surface area contributed by atoms with E-state index in [1.54, 1.807) is 18.1 Å². The molecule has 1 fully saturated rings. The summed E-state index contributed by atoms with van der Waals surface area (Å²) in [7, 11) is 1.57. The van der Waals surface area contributed by atoms with E-state index >= 15 is 0 Å². The van der Waals surface area contributed by atoms with Crippen LogP contribution < -0.4 is 14.4 Å². The van der Waals surface area contributed by atoms with Crippen LogP contribution in [0.4, 0.5) is 5.69 Å². The first-order valence-corrected chi connectivity index (χ1v) is 12.5. The SMILES string of the molecule is COc1cc(/C=C2\SC(=S)N(c3cccc(C)c3)C2=O)cc(I)c1OCc1ccccc1C#N. The number of hydrogen-bond donors (Lipinski definition) is 0. The van der Waals surface area contributed by atoms with Crippen LogP contribution in [0.1, 0.15) is 22.3 Å². The number of nitrogens with zero attached hydrogens (tertiary/aromatic N) is 2. The number of halogens is 1. The number of anilines is 1. The number of methoxy groups -OCH3 is 1. The standard InChI is InChI=1S/C26H19IN2O3S2/c1-16-6-5-9-20(10-16)29-25(30)23(34-26(29)33)13-17-11-21(27)24(22(12-17)31-2)32-15-19-8-4-3-7-18(19)14-28/h3-13H,15H2,1-2H3/b23-13-. The molecule has 0 atom stereocenters. The van der Waals surface area contributed by atoms with Crippen LogP contribution in [0.3, 0.4) is 0 Å². The van der Waals surface area contributed by atoms with E-state index in [2.05, 4.69) is 28.7 Å². The molecule has 0 aromatic heterocycles. The zero-order valence-electron chi connectivity index (χ0n) is 18.4. The molecule has 0 spiro atoms. The van der Waals surface area contributed by atoms with Gasteiger partial charge in [0.15, 0.2) is 15.8 Å². The summed E-state index contributed by atoms with van der Waals surface area (Å²) < 4.78 is 12.9. The average Bonchev–Trinajstić information content (AvgIpc) is 3.10. The normalized spacial score (nSPS) is 14.4. The minimum atomic E-state index is -0.150. The molecular formula is C26H19IN2O3S2. The lowest BCUT2D eigenvalue weighted by Gasteiger charge is -2.15. The summed E-state index contributed by atoms with van der Waals surface area (Å²) in [6, 6.07) is 21.0. The van der Waals surface area contributed by atoms with E-state index in [1.807, 2.05) is 67.6 Å². The highest BCUT2D eigenvalue weighted by Gasteiger charge is 2.33. The summed E-state index contributed by atoms with van der Waals surface area (Å²) in [5.41, 5.74) is 3.99. The van der Waals surface area contributed by atoms with E-state index < -0.39 is 0 Å². The summed E-state index contributed by atoms with van der Waals surface area (Å²) in [5, 5.41) is 9.31. The van der Waals surface area contributed by atoms with Gasteiger partial charge in [0.1, 0.15) is 6.61 Å². The molecule has 170 valence electrons. The first-order valence-electron chi connectivity index (χ1n) is 10.2. The molecule has 8 heteroatoms. The zero-order valence-corrected chi connectivity index (χ0v) is 22.2. The smallest absolute Gasteiger partial charge is 0.270 e. The molecule has 1 heterocycles. The van der Waals surface area contributed by atoms with Gasteiger partial charge in [-0.2, -0.15) is 5.26 Å². The predicted molar refractivity (Wildman–Crippen MR) is 148 cm³/mol. The molecule has 34 heavy (non-hydrogen) atoms. The van der Waals surface area contributed by atoms with Gasteiger partial charge in [0.2, 0.25) is 0 Å². The molecule has 1 aliphatic rings. The molecule has 4 rings (SSSR count). The van der Waals surface area contributed by atoms with Crippen molar-refractivity contribution in [2.24, 2.45) is 0 Å². The second kappa shape index (κ2) is 10.6. The number of benzene rings is 3. The third kappa shape index (κ3) is 5.12. The largest absolute Gasteiger partial charge is 0.493 e. The van der Waals surface area contributed by atoms with Crippen LogP contribution in [-0.4, -0.2) is 17.3 Å². The van der Waals surface area contributed by atoms with E-state index in [0.717, 1.165) is 25.9 Å². The number of aryl methyl sites for hydroxylation is 1. The lowest BCUT2D eigenvalue weighted by molar-refractivity contribution is -0.113. The van der Waals surface area contributed by atoms with Gasteiger partial charge in [0.05, 0.1) is 32.9 Å². The number of nitriles is 1. The van der Waals surface area contributed by atoms with Gasteiger partial charge in [-0.05, 0) is 77.0 Å². The van der Waals surface area contributed by atoms with Crippen LogP contribution in [0.25, 0.3) is 6.08 Å². The topological polar surface area (TPSA) is 62.6 Å². The maximum Gasteiger partial charge on any atom is 0.270 e. The molecule has 3 aromatic rings. The summed E-state index contributed by atoms with van der Waals surface area (Å²) in [5.74, 6) is 0.977. The van der Waals surface area contributed by atoms with Gasteiger partial charge in [0.25, 0.3) is 5.91 Å². The Morgan fingerprint density at radius 1 is 1.18 bits per heavy atom. The molecule has 0 aliphatic carbocycles. The predicted octanol–water partition coefficient (Wildman–Crippen LogP) is 6.46. The molecule has 0 N–H and O–H groups in total. The Hall–Kier alpha value is -2.87. The van der Waals surface area contributed by atoms with Crippen molar-refractivity contribution >= 4 is 68.6 Å². The van der Waals surface area contributed by atoms with Crippen molar-refractivity contribution in [3.05, 3.63) is 91.4 Å². The first kappa shape index (κ1) is 24.3. The Labute approximate surface area is 221 Å². The highest BCUT2D eigenvalue weighted by molar-refractivity contribution is 14.1. The Balaban J connectivity index is 1.60. The number of rotatable bonds is 6. The second-order valence-corrected chi connectivity index (χ2v) is 10.3. The molecule has 0 unspecified atom stereocenters. The Bertz CT molecular complexity index is 1360. The van der Waals surface area contributed by atoms with Gasteiger partial charge in [0, 0.05) is 5.56 Å². The lowest BCUT2D eigenvalue weighted by Crippen LogP contribution is -2.27. The van der Waals surface area contributed by atoms with Crippen LogP contribution in [0, 0.1) is 21.8 Å². The summed E-state index contributed by atoms with van der Waals surface area (Å²) in [6.07, 6.45) is 1.81. The highest BCUT2D eigenvalue weighted by atomic mass is 127. The van der Waals surface area contributed by atoms with Crippen molar-refractivity contribution in [3.8, 4) is 17.6 Å². The molecular weight excluding hydrogens is 579 g/mol. The molecule has 0 saturated carbocycles. The fourth-order valence-electron chi connectivity index (χ4n) is 3.48. The van der Waals surface area contributed by atoms with Crippen LogP contribution in [0.15, 0.2) is 65.6 Å². The molecule has 1 saturated heterocycles. The van der Waals surface area contributed by atoms with Crippen molar-refractivity contribution in [2.45, 2.75) is 13.5 Å². The Morgan fingerprint density at radius 2 is 1.97 bits per heavy atom. The fourth-order valence-corrected chi connectivity index (χ4v) is 5.56. The number of hydrogen-bond acceptors (Lipinski definition) is 6. The van der Waals surface area contributed by atoms with Crippen molar-refractivity contribution in [1.29, 1.82) is 5.26 Å². The van der Waals surface area contributed by atoms with Gasteiger partial charge in [-0.3, -0.25) is 9.69 Å². The second-order valence-electron chi connectivity index (χ2n) is 7.45. The van der Waals surface area contributed by atoms with E-state index in [9.17, 15) is 10.1 Å². The molecule has 1 aliphatic heterocycles. The molecule has 3 aromatic carbocycles. The maximum absolute atomic E-state index is 13.1. The van der Waals surface area contributed by atoms with Crippen molar-refractivity contribution in [3.63, 3.8) is 0 Å². The Morgan fingerprint density at radius 3 is 2.71 bits per heavy atom. The molecule has 0 bridgehead atoms. The number of thiocarbonyl (C=S) groups is 1. The number of carbonyl (C=O) groups is 1. The highest BCUT2D eigenvalue weighted by Crippen LogP contribution is 2.39. The van der Waals surface area contributed by atoms with Gasteiger partial charge >= 0.3 is 0 Å². The maximum atomic E-state index is 13.1. The molecule has 1 amide bonds.